The van der Waals surface area contributed by atoms with Gasteiger partial charge in [-0.05, 0) is 55.7 Å². The van der Waals surface area contributed by atoms with Crippen molar-refractivity contribution in [2.45, 2.75) is 36.2 Å². The number of likely N-dealkylation sites (tertiary alicyclic amines) is 1. The van der Waals surface area contributed by atoms with Gasteiger partial charge in [-0.3, -0.25) is 9.52 Å². The van der Waals surface area contributed by atoms with Gasteiger partial charge < -0.3 is 10.0 Å². The number of sulfonamides is 1. The number of hydrogen-bond acceptors (Lipinski definition) is 6. The molecule has 0 aliphatic carbocycles. The number of para-hydroxylation sites is 1. The fourth-order valence-corrected chi connectivity index (χ4v) is 5.96. The monoisotopic (exact) mass is 525 g/mol. The smallest absolute Gasteiger partial charge is 0.301 e. The largest absolute Gasteiger partial charge is 0.390 e. The lowest BCUT2D eigenvalue weighted by Gasteiger charge is -2.38. The Kier molecular flexibility index (Phi) is 7.15. The predicted octanol–water partition coefficient (Wildman–Crippen LogP) is 4.92. The number of thiazole rings is 1. The minimum Gasteiger partial charge on any atom is -0.390 e. The van der Waals surface area contributed by atoms with E-state index in [9.17, 15) is 31.5 Å². The Balaban J connectivity index is 1.38. The molecule has 4 rings (SSSR count). The Bertz CT molecular complexity index is 1360. The average molecular weight is 526 g/mol. The van der Waals surface area contributed by atoms with E-state index in [-0.39, 0.29) is 48.8 Å². The standard InChI is InChI=1S/C23H22F3N3O4S2/c24-17(21(25)26)8-9-23(31)10-12-29(13-11-23)22(30)15-4-6-16(7-5-15)28-35(32,33)19-3-1-2-18-20(19)27-14-34-18/h1-7,14,28,31H,8-13H2. The molecule has 1 aliphatic rings. The lowest BCUT2D eigenvalue weighted by Crippen LogP contribution is -2.46. The van der Waals surface area contributed by atoms with Crippen molar-refractivity contribution in [3.63, 3.8) is 0 Å². The molecule has 3 aromatic rings. The summed E-state index contributed by atoms with van der Waals surface area (Å²) in [7, 11) is -3.90. The molecule has 0 radical (unpaired) electrons. The van der Waals surface area contributed by atoms with Gasteiger partial charge in [0.25, 0.3) is 15.9 Å². The highest BCUT2D eigenvalue weighted by atomic mass is 32.2. The molecule has 0 unspecified atom stereocenters. The summed E-state index contributed by atoms with van der Waals surface area (Å²) in [5.41, 5.74) is 1.25. The van der Waals surface area contributed by atoms with Crippen LogP contribution >= 0.6 is 11.3 Å². The molecule has 1 amide bonds. The first-order valence-corrected chi connectivity index (χ1v) is 13.1. The summed E-state index contributed by atoms with van der Waals surface area (Å²) in [6, 6.07) is 10.8. The van der Waals surface area contributed by atoms with E-state index in [1.54, 1.807) is 17.6 Å². The molecule has 0 atom stereocenters. The molecule has 1 aromatic heterocycles. The highest BCUT2D eigenvalue weighted by Crippen LogP contribution is 2.31. The summed E-state index contributed by atoms with van der Waals surface area (Å²) in [6.07, 6.45) is -2.81. The normalized spacial score (nSPS) is 15.7. The summed E-state index contributed by atoms with van der Waals surface area (Å²) in [6.45, 7) is 0.371. The molecule has 35 heavy (non-hydrogen) atoms. The maximum absolute atomic E-state index is 13.1. The molecule has 1 fully saturated rings. The number of carbonyl (C=O) groups is 1. The zero-order valence-electron chi connectivity index (χ0n) is 18.4. The summed E-state index contributed by atoms with van der Waals surface area (Å²) in [5, 5.41) is 10.5. The molecule has 1 aliphatic heterocycles. The number of benzene rings is 2. The minimum atomic E-state index is -3.90. The third kappa shape index (κ3) is 5.65. The second kappa shape index (κ2) is 9.96. The van der Waals surface area contributed by atoms with Gasteiger partial charge in [-0.25, -0.2) is 17.8 Å². The third-order valence-electron chi connectivity index (χ3n) is 5.99. The van der Waals surface area contributed by atoms with Crippen LogP contribution in [0.1, 0.15) is 36.0 Å². The van der Waals surface area contributed by atoms with Crippen LogP contribution in [-0.4, -0.2) is 48.0 Å². The molecular weight excluding hydrogens is 503 g/mol. The van der Waals surface area contributed by atoms with Crippen molar-refractivity contribution in [1.82, 2.24) is 9.88 Å². The minimum absolute atomic E-state index is 0.0573. The number of allylic oxidation sites excluding steroid dienone is 1. The van der Waals surface area contributed by atoms with Crippen molar-refractivity contribution < 1.29 is 31.5 Å². The van der Waals surface area contributed by atoms with E-state index in [1.807, 2.05) is 0 Å². The van der Waals surface area contributed by atoms with E-state index < -0.39 is 34.0 Å². The first kappa shape index (κ1) is 25.1. The van der Waals surface area contributed by atoms with Crippen LogP contribution in [-0.2, 0) is 10.0 Å². The Morgan fingerprint density at radius 2 is 1.80 bits per heavy atom. The van der Waals surface area contributed by atoms with Crippen molar-refractivity contribution >= 4 is 43.2 Å². The van der Waals surface area contributed by atoms with Gasteiger partial charge >= 0.3 is 6.08 Å². The molecule has 7 nitrogen and oxygen atoms in total. The van der Waals surface area contributed by atoms with Crippen LogP contribution in [0.25, 0.3) is 10.2 Å². The lowest BCUT2D eigenvalue weighted by atomic mass is 9.86. The number of amides is 1. The maximum Gasteiger partial charge on any atom is 0.301 e. The molecular formula is C23H22F3N3O4S2. The molecule has 12 heteroatoms. The zero-order valence-corrected chi connectivity index (χ0v) is 20.0. The van der Waals surface area contributed by atoms with E-state index in [2.05, 4.69) is 9.71 Å². The lowest BCUT2D eigenvalue weighted by molar-refractivity contribution is -0.0236. The summed E-state index contributed by atoms with van der Waals surface area (Å²) < 4.78 is 66.5. The van der Waals surface area contributed by atoms with E-state index in [4.69, 9.17) is 0 Å². The molecule has 186 valence electrons. The average Bonchev–Trinajstić information content (AvgIpc) is 3.32. The van der Waals surface area contributed by atoms with E-state index >= 15 is 0 Å². The molecule has 1 saturated heterocycles. The first-order chi connectivity index (χ1) is 16.6. The number of rotatable bonds is 7. The number of aliphatic hydroxyl groups is 1. The summed E-state index contributed by atoms with van der Waals surface area (Å²) >= 11 is 1.34. The SMILES string of the molecule is O=C(c1ccc(NS(=O)(=O)c2cccc3scnc23)cc1)N1CCC(O)(CCC(F)=C(F)F)CC1. The van der Waals surface area contributed by atoms with Gasteiger partial charge in [-0.2, -0.15) is 8.78 Å². The van der Waals surface area contributed by atoms with Gasteiger partial charge in [-0.15, -0.1) is 11.3 Å². The number of piperidine rings is 1. The molecule has 2 heterocycles. The maximum atomic E-state index is 13.1. The predicted molar refractivity (Wildman–Crippen MR) is 127 cm³/mol. The van der Waals surface area contributed by atoms with Crippen molar-refractivity contribution in [2.24, 2.45) is 0 Å². The third-order valence-corrected chi connectivity index (χ3v) is 8.20. The number of halogens is 3. The van der Waals surface area contributed by atoms with Gasteiger partial charge in [0.1, 0.15) is 10.4 Å². The van der Waals surface area contributed by atoms with Crippen LogP contribution in [0.15, 0.2) is 64.8 Å². The fraction of sp³-hybridized carbons (Fsp3) is 0.304. The van der Waals surface area contributed by atoms with Gasteiger partial charge in [-0.1, -0.05) is 6.07 Å². The van der Waals surface area contributed by atoms with Crippen LogP contribution in [0.3, 0.4) is 0 Å². The van der Waals surface area contributed by atoms with E-state index in [0.717, 1.165) is 4.70 Å². The molecule has 0 spiro atoms. The van der Waals surface area contributed by atoms with E-state index in [0.29, 0.717) is 11.1 Å². The number of hydrogen-bond donors (Lipinski definition) is 2. The molecule has 2 aromatic carbocycles. The van der Waals surface area contributed by atoms with Crippen LogP contribution in [0.2, 0.25) is 0 Å². The van der Waals surface area contributed by atoms with Crippen molar-refractivity contribution in [2.75, 3.05) is 17.8 Å². The highest BCUT2D eigenvalue weighted by molar-refractivity contribution is 7.93. The Labute approximate surface area is 204 Å². The van der Waals surface area contributed by atoms with Crippen LogP contribution in [0, 0.1) is 0 Å². The molecule has 0 saturated carbocycles. The fourth-order valence-electron chi connectivity index (χ4n) is 3.96. The van der Waals surface area contributed by atoms with Crippen molar-refractivity contribution in [1.29, 1.82) is 0 Å². The number of aromatic nitrogens is 1. The second-order valence-electron chi connectivity index (χ2n) is 8.32. The summed E-state index contributed by atoms with van der Waals surface area (Å²) in [5.74, 6) is -1.84. The molecule has 2 N–H and O–H groups in total. The van der Waals surface area contributed by atoms with Crippen LogP contribution in [0.4, 0.5) is 18.9 Å². The van der Waals surface area contributed by atoms with Crippen molar-refractivity contribution in [3.05, 3.63) is 65.4 Å². The Hall–Kier alpha value is -2.96. The van der Waals surface area contributed by atoms with Crippen LogP contribution < -0.4 is 4.72 Å². The number of fused-ring (bicyclic) bond motifs is 1. The highest BCUT2D eigenvalue weighted by Gasteiger charge is 2.34. The first-order valence-electron chi connectivity index (χ1n) is 10.7. The number of nitrogens with zero attached hydrogens (tertiary/aromatic N) is 2. The van der Waals surface area contributed by atoms with Gasteiger partial charge in [0.15, 0.2) is 5.83 Å². The topological polar surface area (TPSA) is 99.6 Å². The Morgan fingerprint density at radius 3 is 2.46 bits per heavy atom. The number of nitrogens with one attached hydrogen (secondary N) is 1. The zero-order chi connectivity index (χ0) is 25.2. The van der Waals surface area contributed by atoms with Gasteiger partial charge in [0.2, 0.25) is 0 Å². The Morgan fingerprint density at radius 1 is 1.11 bits per heavy atom. The van der Waals surface area contributed by atoms with Crippen molar-refractivity contribution in [3.8, 4) is 0 Å². The second-order valence-corrected chi connectivity index (χ2v) is 10.9. The quantitative estimate of drug-likeness (QED) is 0.456. The van der Waals surface area contributed by atoms with E-state index in [1.165, 1.54) is 46.6 Å². The summed E-state index contributed by atoms with van der Waals surface area (Å²) in [4.78, 5) is 18.5. The number of anilines is 1. The van der Waals surface area contributed by atoms with Crippen LogP contribution in [0.5, 0.6) is 0 Å². The van der Waals surface area contributed by atoms with Gasteiger partial charge in [0, 0.05) is 30.8 Å². The molecule has 0 bridgehead atoms. The van der Waals surface area contributed by atoms with Gasteiger partial charge in [0.05, 0.1) is 15.8 Å². The number of carbonyl (C=O) groups excluding carboxylic acids is 1.